The molecule has 3 aromatic carbocycles. The molecule has 3 aromatic rings. The van der Waals surface area contributed by atoms with Crippen LogP contribution in [0.25, 0.3) is 0 Å². The molecule has 0 unspecified atom stereocenters. The van der Waals surface area contributed by atoms with Crippen LogP contribution in [0.5, 0.6) is 5.75 Å². The average Bonchev–Trinajstić information content (AvgIpc) is 2.91. The van der Waals surface area contributed by atoms with Crippen molar-refractivity contribution in [2.45, 2.75) is 38.3 Å². The molecule has 0 saturated heterocycles. The van der Waals surface area contributed by atoms with Gasteiger partial charge in [0.05, 0.1) is 17.7 Å². The molecule has 2 amide bonds. The Hall–Kier alpha value is -3.85. The predicted molar refractivity (Wildman–Crippen MR) is 144 cm³/mol. The van der Waals surface area contributed by atoms with E-state index in [0.29, 0.717) is 17.0 Å². The van der Waals surface area contributed by atoms with E-state index in [2.05, 4.69) is 5.32 Å². The van der Waals surface area contributed by atoms with Gasteiger partial charge in [-0.15, -0.1) is 0 Å². The predicted octanol–water partition coefficient (Wildman–Crippen LogP) is 3.67. The monoisotopic (exact) mass is 523 g/mol. The summed E-state index contributed by atoms with van der Waals surface area (Å²) in [6.45, 7) is 4.89. The lowest BCUT2D eigenvalue weighted by molar-refractivity contribution is -0.139. The van der Waals surface area contributed by atoms with E-state index in [9.17, 15) is 18.0 Å². The Labute approximate surface area is 218 Å². The van der Waals surface area contributed by atoms with Gasteiger partial charge < -0.3 is 15.0 Å². The minimum Gasteiger partial charge on any atom is -0.497 e. The van der Waals surface area contributed by atoms with E-state index in [1.807, 2.05) is 25.1 Å². The third-order valence-corrected chi connectivity index (χ3v) is 7.92. The highest BCUT2D eigenvalue weighted by atomic mass is 32.2. The van der Waals surface area contributed by atoms with Crippen LogP contribution in [-0.2, 0) is 26.2 Å². The smallest absolute Gasteiger partial charge is 0.264 e. The maximum Gasteiger partial charge on any atom is 0.264 e. The van der Waals surface area contributed by atoms with Crippen molar-refractivity contribution < 1.29 is 22.7 Å². The van der Waals surface area contributed by atoms with Crippen LogP contribution in [0.4, 0.5) is 5.69 Å². The summed E-state index contributed by atoms with van der Waals surface area (Å²) in [6.07, 6.45) is 0. The van der Waals surface area contributed by atoms with Crippen LogP contribution in [0.15, 0.2) is 77.7 Å². The van der Waals surface area contributed by atoms with Crippen LogP contribution in [0, 0.1) is 13.8 Å². The van der Waals surface area contributed by atoms with Gasteiger partial charge in [-0.3, -0.25) is 13.9 Å². The number of amides is 2. The SMILES string of the molecule is CNC(=O)[C@@H](C)N(Cc1cccc(OC)c1)C(=O)CN(c1cc(C)ccc1C)S(=O)(=O)c1ccccc1. The van der Waals surface area contributed by atoms with Crippen molar-refractivity contribution in [1.82, 2.24) is 10.2 Å². The van der Waals surface area contributed by atoms with Crippen molar-refractivity contribution >= 4 is 27.5 Å². The van der Waals surface area contributed by atoms with Gasteiger partial charge in [0, 0.05) is 13.6 Å². The number of likely N-dealkylation sites (N-methyl/N-ethyl adjacent to an activating group) is 1. The number of benzene rings is 3. The average molecular weight is 524 g/mol. The molecule has 37 heavy (non-hydrogen) atoms. The van der Waals surface area contributed by atoms with Crippen molar-refractivity contribution in [3.05, 3.63) is 89.5 Å². The number of rotatable bonds is 10. The van der Waals surface area contributed by atoms with E-state index in [4.69, 9.17) is 4.74 Å². The molecule has 0 heterocycles. The lowest BCUT2D eigenvalue weighted by Gasteiger charge is -2.32. The molecular formula is C28H33N3O5S. The van der Waals surface area contributed by atoms with Crippen molar-refractivity contribution in [3.63, 3.8) is 0 Å². The van der Waals surface area contributed by atoms with Crippen LogP contribution in [0.2, 0.25) is 0 Å². The second-order valence-corrected chi connectivity index (χ2v) is 10.6. The Balaban J connectivity index is 2.07. The van der Waals surface area contributed by atoms with Gasteiger partial charge in [-0.1, -0.05) is 42.5 Å². The molecule has 1 atom stereocenters. The normalized spacial score (nSPS) is 11.9. The number of carbonyl (C=O) groups is 2. The number of ether oxygens (including phenoxy) is 1. The Morgan fingerprint density at radius 2 is 1.68 bits per heavy atom. The lowest BCUT2D eigenvalue weighted by Crippen LogP contribution is -2.50. The van der Waals surface area contributed by atoms with Crippen molar-refractivity contribution in [1.29, 1.82) is 0 Å². The van der Waals surface area contributed by atoms with Crippen LogP contribution in [0.1, 0.15) is 23.6 Å². The highest BCUT2D eigenvalue weighted by Gasteiger charge is 2.33. The first-order valence-corrected chi connectivity index (χ1v) is 13.3. The number of hydrogen-bond acceptors (Lipinski definition) is 5. The molecule has 0 aliphatic carbocycles. The zero-order valence-corrected chi connectivity index (χ0v) is 22.6. The molecule has 9 heteroatoms. The van der Waals surface area contributed by atoms with Crippen molar-refractivity contribution in [2.75, 3.05) is 25.0 Å². The van der Waals surface area contributed by atoms with Gasteiger partial charge in [0.25, 0.3) is 10.0 Å². The van der Waals surface area contributed by atoms with E-state index in [1.54, 1.807) is 63.4 Å². The van der Waals surface area contributed by atoms with E-state index in [0.717, 1.165) is 15.4 Å². The first-order valence-electron chi connectivity index (χ1n) is 11.9. The summed E-state index contributed by atoms with van der Waals surface area (Å²) < 4.78 is 34.1. The standard InChI is InChI=1S/C28H33N3O5S/c1-20-14-15-21(2)26(16-20)31(37(34,35)25-12-7-6-8-13-25)19-27(32)30(22(3)28(33)29-4)18-23-10-9-11-24(17-23)36-5/h6-17,22H,18-19H2,1-5H3,(H,29,33)/t22-/m1/s1. The second-order valence-electron chi connectivity index (χ2n) is 8.78. The summed E-state index contributed by atoms with van der Waals surface area (Å²) in [4.78, 5) is 27.9. The number of nitrogens with zero attached hydrogens (tertiary/aromatic N) is 2. The largest absolute Gasteiger partial charge is 0.497 e. The molecule has 0 fully saturated rings. The molecule has 196 valence electrons. The van der Waals surface area contributed by atoms with E-state index in [-0.39, 0.29) is 17.3 Å². The molecule has 0 aliphatic heterocycles. The van der Waals surface area contributed by atoms with Gasteiger partial charge in [-0.05, 0) is 67.8 Å². The minimum atomic E-state index is -4.09. The summed E-state index contributed by atoms with van der Waals surface area (Å²) in [7, 11) is -1.05. The Kier molecular flexibility index (Phi) is 8.94. The first-order chi connectivity index (χ1) is 17.6. The van der Waals surface area contributed by atoms with Gasteiger partial charge >= 0.3 is 0 Å². The van der Waals surface area contributed by atoms with Gasteiger partial charge in [-0.25, -0.2) is 8.42 Å². The first kappa shape index (κ1) is 27.7. The zero-order valence-electron chi connectivity index (χ0n) is 21.8. The van der Waals surface area contributed by atoms with Crippen LogP contribution < -0.4 is 14.4 Å². The summed E-state index contributed by atoms with van der Waals surface area (Å²) in [5.41, 5.74) is 2.71. The van der Waals surface area contributed by atoms with Gasteiger partial charge in [0.15, 0.2) is 0 Å². The van der Waals surface area contributed by atoms with Crippen LogP contribution in [0.3, 0.4) is 0 Å². The Bertz CT molecular complexity index is 1360. The molecular weight excluding hydrogens is 490 g/mol. The number of carbonyl (C=O) groups excluding carboxylic acids is 2. The molecule has 0 saturated carbocycles. The minimum absolute atomic E-state index is 0.0717. The van der Waals surface area contributed by atoms with E-state index < -0.39 is 28.5 Å². The molecule has 0 aliphatic rings. The number of sulfonamides is 1. The quantitative estimate of drug-likeness (QED) is 0.438. The summed E-state index contributed by atoms with van der Waals surface area (Å²) in [5, 5.41) is 2.58. The zero-order chi connectivity index (χ0) is 27.2. The molecule has 1 N–H and O–H groups in total. The summed E-state index contributed by atoms with van der Waals surface area (Å²) >= 11 is 0. The third kappa shape index (κ3) is 6.48. The molecule has 8 nitrogen and oxygen atoms in total. The summed E-state index contributed by atoms with van der Waals surface area (Å²) in [5.74, 6) is -0.263. The molecule has 0 radical (unpaired) electrons. The van der Waals surface area contributed by atoms with E-state index in [1.165, 1.54) is 24.1 Å². The number of aryl methyl sites for hydroxylation is 2. The van der Waals surface area contributed by atoms with Crippen LogP contribution in [-0.4, -0.2) is 51.9 Å². The molecule has 0 aromatic heterocycles. The molecule has 0 spiro atoms. The lowest BCUT2D eigenvalue weighted by atomic mass is 10.1. The van der Waals surface area contributed by atoms with Crippen molar-refractivity contribution in [3.8, 4) is 5.75 Å². The van der Waals surface area contributed by atoms with Gasteiger partial charge in [-0.2, -0.15) is 0 Å². The Morgan fingerprint density at radius 1 is 0.973 bits per heavy atom. The highest BCUT2D eigenvalue weighted by Crippen LogP contribution is 2.28. The summed E-state index contributed by atoms with van der Waals surface area (Å²) in [6, 6.07) is 19.8. The maximum atomic E-state index is 13.8. The fourth-order valence-electron chi connectivity index (χ4n) is 3.98. The topological polar surface area (TPSA) is 96.0 Å². The van der Waals surface area contributed by atoms with Gasteiger partial charge in [0.2, 0.25) is 11.8 Å². The van der Waals surface area contributed by atoms with Crippen LogP contribution >= 0.6 is 0 Å². The van der Waals surface area contributed by atoms with E-state index >= 15 is 0 Å². The van der Waals surface area contributed by atoms with Crippen molar-refractivity contribution in [2.24, 2.45) is 0 Å². The third-order valence-electron chi connectivity index (χ3n) is 6.14. The number of hydrogen-bond donors (Lipinski definition) is 1. The number of anilines is 1. The highest BCUT2D eigenvalue weighted by molar-refractivity contribution is 7.92. The second kappa shape index (κ2) is 11.9. The number of methoxy groups -OCH3 is 1. The fourth-order valence-corrected chi connectivity index (χ4v) is 5.47. The number of nitrogens with one attached hydrogen (secondary N) is 1. The maximum absolute atomic E-state index is 13.8. The molecule has 3 rings (SSSR count). The van der Waals surface area contributed by atoms with Gasteiger partial charge in [0.1, 0.15) is 18.3 Å². The Morgan fingerprint density at radius 3 is 2.32 bits per heavy atom. The molecule has 0 bridgehead atoms. The fraction of sp³-hybridized carbons (Fsp3) is 0.286.